The number of ether oxygens (including phenoxy) is 1. The molecule has 0 saturated carbocycles. The molecule has 3 aromatic carbocycles. The number of carbonyl (C=O) groups is 1. The van der Waals surface area contributed by atoms with E-state index in [0.717, 1.165) is 29.1 Å². The number of aromatic nitrogens is 2. The van der Waals surface area contributed by atoms with Crippen molar-refractivity contribution in [2.75, 3.05) is 5.32 Å². The molecule has 4 aromatic rings. The highest BCUT2D eigenvalue weighted by molar-refractivity contribution is 6.05. The molecule has 1 N–H and O–H groups in total. The normalized spacial score (nSPS) is 10.9. The SMILES string of the molecule is Cc1cccc(Cn2nc(C)c(NC(=O)c3cccc(COc4ccc(F)cc4F)c3)c2C)c1. The van der Waals surface area contributed by atoms with E-state index < -0.39 is 11.6 Å². The van der Waals surface area contributed by atoms with Crippen molar-refractivity contribution >= 4 is 11.6 Å². The minimum atomic E-state index is -0.775. The number of benzene rings is 3. The van der Waals surface area contributed by atoms with Crippen LogP contribution in [0.1, 0.15) is 38.4 Å². The molecule has 34 heavy (non-hydrogen) atoms. The number of rotatable bonds is 7. The molecule has 0 aliphatic rings. The summed E-state index contributed by atoms with van der Waals surface area (Å²) in [5, 5.41) is 7.56. The summed E-state index contributed by atoms with van der Waals surface area (Å²) < 4.78 is 34.2. The summed E-state index contributed by atoms with van der Waals surface area (Å²) >= 11 is 0. The third kappa shape index (κ3) is 5.31. The minimum Gasteiger partial charge on any atom is -0.486 e. The van der Waals surface area contributed by atoms with Gasteiger partial charge in [-0.05, 0) is 56.2 Å². The topological polar surface area (TPSA) is 56.2 Å². The fourth-order valence-electron chi connectivity index (χ4n) is 3.76. The quantitative estimate of drug-likeness (QED) is 0.369. The van der Waals surface area contributed by atoms with Gasteiger partial charge in [0.15, 0.2) is 11.6 Å². The van der Waals surface area contributed by atoms with Crippen LogP contribution in [0.25, 0.3) is 0 Å². The fourth-order valence-corrected chi connectivity index (χ4v) is 3.76. The number of nitrogens with zero attached hydrogens (tertiary/aromatic N) is 2. The molecule has 5 nitrogen and oxygen atoms in total. The molecule has 0 unspecified atom stereocenters. The number of amides is 1. The maximum absolute atomic E-state index is 13.8. The van der Waals surface area contributed by atoms with E-state index in [4.69, 9.17) is 4.74 Å². The maximum Gasteiger partial charge on any atom is 0.255 e. The van der Waals surface area contributed by atoms with Crippen molar-refractivity contribution in [3.05, 3.63) is 112 Å². The van der Waals surface area contributed by atoms with Crippen LogP contribution in [-0.4, -0.2) is 15.7 Å². The monoisotopic (exact) mass is 461 g/mol. The Balaban J connectivity index is 1.46. The molecule has 1 amide bonds. The van der Waals surface area contributed by atoms with E-state index in [0.29, 0.717) is 23.4 Å². The Morgan fingerprint density at radius 3 is 2.50 bits per heavy atom. The number of nitrogens with one attached hydrogen (secondary N) is 1. The zero-order valence-corrected chi connectivity index (χ0v) is 19.2. The minimum absolute atomic E-state index is 0.0379. The zero-order chi connectivity index (χ0) is 24.2. The van der Waals surface area contributed by atoms with Crippen molar-refractivity contribution in [2.45, 2.75) is 33.9 Å². The first kappa shape index (κ1) is 23.2. The summed E-state index contributed by atoms with van der Waals surface area (Å²) in [7, 11) is 0. The third-order valence-electron chi connectivity index (χ3n) is 5.51. The van der Waals surface area contributed by atoms with Gasteiger partial charge in [0.05, 0.1) is 23.6 Å². The van der Waals surface area contributed by atoms with Gasteiger partial charge in [-0.1, -0.05) is 42.0 Å². The molecule has 1 heterocycles. The van der Waals surface area contributed by atoms with Gasteiger partial charge < -0.3 is 10.1 Å². The standard InChI is InChI=1S/C27H25F2N3O2/c1-17-6-4-7-20(12-17)15-32-19(3)26(18(2)31-32)30-27(33)22-9-5-8-21(13-22)16-34-25-11-10-23(28)14-24(25)29/h4-14H,15-16H2,1-3H3,(H,30,33). The number of aryl methyl sites for hydroxylation is 2. The van der Waals surface area contributed by atoms with Gasteiger partial charge in [-0.15, -0.1) is 0 Å². The molecule has 0 spiro atoms. The Labute approximate surface area is 197 Å². The zero-order valence-electron chi connectivity index (χ0n) is 19.2. The van der Waals surface area contributed by atoms with Crippen LogP contribution in [0.2, 0.25) is 0 Å². The highest BCUT2D eigenvalue weighted by atomic mass is 19.1. The van der Waals surface area contributed by atoms with Gasteiger partial charge in [-0.25, -0.2) is 8.78 Å². The molecule has 0 aliphatic heterocycles. The van der Waals surface area contributed by atoms with Crippen molar-refractivity contribution in [2.24, 2.45) is 0 Å². The molecule has 7 heteroatoms. The predicted molar refractivity (Wildman–Crippen MR) is 127 cm³/mol. The molecular formula is C27H25F2N3O2. The van der Waals surface area contributed by atoms with E-state index in [1.807, 2.05) is 43.7 Å². The van der Waals surface area contributed by atoms with E-state index in [1.165, 1.54) is 11.6 Å². The number of halogens is 2. The van der Waals surface area contributed by atoms with Gasteiger partial charge in [0, 0.05) is 11.6 Å². The lowest BCUT2D eigenvalue weighted by Gasteiger charge is -2.10. The van der Waals surface area contributed by atoms with Crippen LogP contribution in [0.4, 0.5) is 14.5 Å². The molecule has 174 valence electrons. The Morgan fingerprint density at radius 2 is 1.74 bits per heavy atom. The van der Waals surface area contributed by atoms with Crippen LogP contribution in [0.5, 0.6) is 5.75 Å². The summed E-state index contributed by atoms with van der Waals surface area (Å²) in [6.45, 7) is 6.47. The summed E-state index contributed by atoms with van der Waals surface area (Å²) in [4.78, 5) is 13.0. The lowest BCUT2D eigenvalue weighted by atomic mass is 10.1. The fraction of sp³-hybridized carbons (Fsp3) is 0.185. The van der Waals surface area contributed by atoms with Crippen molar-refractivity contribution < 1.29 is 18.3 Å². The summed E-state index contributed by atoms with van der Waals surface area (Å²) in [6, 6.07) is 18.2. The van der Waals surface area contributed by atoms with E-state index in [1.54, 1.807) is 24.3 Å². The number of carbonyl (C=O) groups excluding carboxylic acids is 1. The lowest BCUT2D eigenvalue weighted by Crippen LogP contribution is -2.14. The Bertz CT molecular complexity index is 1350. The third-order valence-corrected chi connectivity index (χ3v) is 5.51. The molecule has 0 saturated heterocycles. The number of anilines is 1. The van der Waals surface area contributed by atoms with Gasteiger partial charge in [-0.3, -0.25) is 9.48 Å². The Morgan fingerprint density at radius 1 is 0.971 bits per heavy atom. The van der Waals surface area contributed by atoms with Crippen LogP contribution < -0.4 is 10.1 Å². The van der Waals surface area contributed by atoms with Crippen molar-refractivity contribution in [3.63, 3.8) is 0 Å². The highest BCUT2D eigenvalue weighted by Gasteiger charge is 2.16. The van der Waals surface area contributed by atoms with Crippen LogP contribution in [0.3, 0.4) is 0 Å². The highest BCUT2D eigenvalue weighted by Crippen LogP contribution is 2.23. The molecule has 4 rings (SSSR count). The van der Waals surface area contributed by atoms with Crippen LogP contribution in [-0.2, 0) is 13.2 Å². The van der Waals surface area contributed by atoms with E-state index in [9.17, 15) is 13.6 Å². The smallest absolute Gasteiger partial charge is 0.255 e. The van der Waals surface area contributed by atoms with Crippen LogP contribution in [0.15, 0.2) is 66.7 Å². The molecular weight excluding hydrogens is 436 g/mol. The van der Waals surface area contributed by atoms with E-state index in [-0.39, 0.29) is 18.3 Å². The van der Waals surface area contributed by atoms with Crippen molar-refractivity contribution in [3.8, 4) is 5.75 Å². The van der Waals surface area contributed by atoms with E-state index >= 15 is 0 Å². The predicted octanol–water partition coefficient (Wildman–Crippen LogP) is 5.97. The number of hydrogen-bond donors (Lipinski definition) is 1. The first-order valence-electron chi connectivity index (χ1n) is 10.9. The van der Waals surface area contributed by atoms with Crippen LogP contribution in [0, 0.1) is 32.4 Å². The molecule has 0 radical (unpaired) electrons. The molecule has 0 fully saturated rings. The lowest BCUT2D eigenvalue weighted by molar-refractivity contribution is 0.102. The molecule has 0 aliphatic carbocycles. The van der Waals surface area contributed by atoms with Crippen LogP contribution >= 0.6 is 0 Å². The largest absolute Gasteiger partial charge is 0.486 e. The second kappa shape index (κ2) is 9.87. The molecule has 1 aromatic heterocycles. The average Bonchev–Trinajstić information content (AvgIpc) is 3.06. The summed E-state index contributed by atoms with van der Waals surface area (Å²) in [5.41, 5.74) is 5.69. The molecule has 0 atom stereocenters. The first-order valence-corrected chi connectivity index (χ1v) is 10.9. The van der Waals surface area contributed by atoms with Gasteiger partial charge in [-0.2, -0.15) is 5.10 Å². The number of hydrogen-bond acceptors (Lipinski definition) is 3. The van der Waals surface area contributed by atoms with Gasteiger partial charge in [0.25, 0.3) is 5.91 Å². The van der Waals surface area contributed by atoms with Crippen molar-refractivity contribution in [1.29, 1.82) is 0 Å². The summed E-state index contributed by atoms with van der Waals surface area (Å²) in [5.74, 6) is -1.78. The van der Waals surface area contributed by atoms with Crippen molar-refractivity contribution in [1.82, 2.24) is 9.78 Å². The Hall–Kier alpha value is -4.00. The maximum atomic E-state index is 13.8. The second-order valence-corrected chi connectivity index (χ2v) is 8.21. The van der Waals surface area contributed by atoms with Gasteiger partial charge in [0.2, 0.25) is 0 Å². The molecule has 0 bridgehead atoms. The average molecular weight is 462 g/mol. The Kier molecular flexibility index (Phi) is 6.72. The second-order valence-electron chi connectivity index (χ2n) is 8.21. The summed E-state index contributed by atoms with van der Waals surface area (Å²) in [6.07, 6.45) is 0. The van der Waals surface area contributed by atoms with Gasteiger partial charge in [0.1, 0.15) is 12.4 Å². The van der Waals surface area contributed by atoms with Gasteiger partial charge >= 0.3 is 0 Å². The first-order chi connectivity index (χ1) is 16.3. The van der Waals surface area contributed by atoms with E-state index in [2.05, 4.69) is 16.5 Å².